The zero-order valence-corrected chi connectivity index (χ0v) is 9.08. The molecule has 1 N–H and O–H groups in total. The van der Waals surface area contributed by atoms with E-state index < -0.39 is 11.0 Å². The van der Waals surface area contributed by atoms with Crippen LogP contribution >= 0.6 is 32.1 Å². The topological polar surface area (TPSA) is 60.9 Å². The average Bonchev–Trinajstić information content (AvgIpc) is 2.23. The number of hydrogen-bond donors (Lipinski definition) is 1. The van der Waals surface area contributed by atoms with E-state index in [0.717, 1.165) is 3.93 Å². The first-order valence-corrected chi connectivity index (χ1v) is 4.77. The van der Waals surface area contributed by atoms with Crippen LogP contribution in [-0.4, -0.2) is 44.0 Å². The van der Waals surface area contributed by atoms with Crippen molar-refractivity contribution in [2.45, 2.75) is 4.95 Å². The molecule has 1 saturated heterocycles. The highest BCUT2D eigenvalue weighted by atomic mass is 79.9. The van der Waals surface area contributed by atoms with E-state index in [9.17, 15) is 9.59 Å². The van der Waals surface area contributed by atoms with E-state index in [2.05, 4.69) is 32.1 Å². The first-order valence-electron chi connectivity index (χ1n) is 3.15. The lowest BCUT2D eigenvalue weighted by Gasteiger charge is -2.14. The molecule has 5 nitrogen and oxygen atoms in total. The van der Waals surface area contributed by atoms with Crippen LogP contribution in [0.2, 0.25) is 0 Å². The van der Waals surface area contributed by atoms with Gasteiger partial charge >= 0.3 is 6.03 Å². The minimum Gasteiger partial charge on any atom is -0.395 e. The second kappa shape index (κ2) is 3.71. The third-order valence-corrected chi connectivity index (χ3v) is 2.96. The molecule has 3 amide bonds. The Hall–Kier alpha value is -0.140. The van der Waals surface area contributed by atoms with Gasteiger partial charge in [0.2, 0.25) is 0 Å². The molecule has 12 heavy (non-hydrogen) atoms. The number of alkyl halides is 1. The molecular weight excluding hydrogens is 296 g/mol. The first kappa shape index (κ1) is 9.94. The number of rotatable bonds is 2. The van der Waals surface area contributed by atoms with Gasteiger partial charge in [-0.25, -0.2) is 4.79 Å². The standard InChI is InChI=1S/C5H6Br2N2O3/c6-3-4(11)9(7)5(12)8(3)1-2-10/h3,10H,1-2H2. The number of carbonyl (C=O) groups is 2. The van der Waals surface area contributed by atoms with Crippen LogP contribution in [0.25, 0.3) is 0 Å². The minimum atomic E-state index is -0.670. The Labute approximate surface area is 85.8 Å². The van der Waals surface area contributed by atoms with E-state index in [0.29, 0.717) is 0 Å². The van der Waals surface area contributed by atoms with Crippen molar-refractivity contribution >= 4 is 44.0 Å². The molecule has 0 aromatic carbocycles. The lowest BCUT2D eigenvalue weighted by Crippen LogP contribution is -2.33. The van der Waals surface area contributed by atoms with Crippen LogP contribution in [0.15, 0.2) is 0 Å². The number of aliphatic hydroxyl groups is 1. The van der Waals surface area contributed by atoms with Gasteiger partial charge in [0.15, 0.2) is 4.95 Å². The Morgan fingerprint density at radius 2 is 2.08 bits per heavy atom. The van der Waals surface area contributed by atoms with Gasteiger partial charge in [-0.1, -0.05) is 15.9 Å². The highest BCUT2D eigenvalue weighted by molar-refractivity contribution is 9.10. The number of carbonyl (C=O) groups excluding carboxylic acids is 2. The number of β-amino-alcohol motifs (C(OH)–C–C–N with tert-alkyl or cyclic N) is 1. The zero-order valence-electron chi connectivity index (χ0n) is 5.91. The van der Waals surface area contributed by atoms with E-state index in [-0.39, 0.29) is 19.1 Å². The number of aliphatic hydroxyl groups excluding tert-OH is 1. The van der Waals surface area contributed by atoms with Crippen molar-refractivity contribution < 1.29 is 14.7 Å². The normalized spacial score (nSPS) is 24.1. The fraction of sp³-hybridized carbons (Fsp3) is 0.600. The summed E-state index contributed by atoms with van der Waals surface area (Å²) in [6.45, 7) is -0.0233. The van der Waals surface area contributed by atoms with Gasteiger partial charge in [0, 0.05) is 6.54 Å². The summed E-state index contributed by atoms with van der Waals surface area (Å²) in [5.74, 6) is -0.381. The third kappa shape index (κ3) is 1.48. The van der Waals surface area contributed by atoms with E-state index in [4.69, 9.17) is 5.11 Å². The van der Waals surface area contributed by atoms with E-state index in [1.54, 1.807) is 0 Å². The Balaban J connectivity index is 2.76. The molecule has 0 aromatic heterocycles. The van der Waals surface area contributed by atoms with Gasteiger partial charge in [-0.2, -0.15) is 3.93 Å². The van der Waals surface area contributed by atoms with Crippen molar-refractivity contribution in [1.82, 2.24) is 8.83 Å². The SMILES string of the molecule is O=C1C(Br)N(CCO)C(=O)N1Br. The third-order valence-electron chi connectivity index (χ3n) is 1.43. The number of imide groups is 1. The van der Waals surface area contributed by atoms with Gasteiger partial charge in [0.1, 0.15) is 0 Å². The van der Waals surface area contributed by atoms with Gasteiger partial charge in [-0.15, -0.1) is 0 Å². The molecule has 0 spiro atoms. The van der Waals surface area contributed by atoms with Crippen LogP contribution in [0.4, 0.5) is 4.79 Å². The summed E-state index contributed by atoms with van der Waals surface area (Å²) in [7, 11) is 0. The summed E-state index contributed by atoms with van der Waals surface area (Å²) in [6, 6.07) is -0.462. The van der Waals surface area contributed by atoms with Gasteiger partial charge in [0.05, 0.1) is 22.8 Å². The molecule has 68 valence electrons. The maximum atomic E-state index is 11.2. The predicted octanol–water partition coefficient (Wildman–Crippen LogP) is 0.274. The molecule has 7 heteroatoms. The number of halogens is 2. The number of amides is 3. The molecule has 0 bridgehead atoms. The quantitative estimate of drug-likeness (QED) is 0.345. The summed E-state index contributed by atoms with van der Waals surface area (Å²) in [5.41, 5.74) is 0. The largest absolute Gasteiger partial charge is 0.395 e. The molecule has 1 atom stereocenters. The Morgan fingerprint density at radius 3 is 2.42 bits per heavy atom. The maximum absolute atomic E-state index is 11.2. The molecule has 0 saturated carbocycles. The summed E-state index contributed by atoms with van der Waals surface area (Å²) in [4.78, 5) is 22.8. The molecule has 0 aliphatic carbocycles. The highest BCUT2D eigenvalue weighted by Gasteiger charge is 2.42. The van der Waals surface area contributed by atoms with Crippen molar-refractivity contribution in [2.75, 3.05) is 13.2 Å². The Kier molecular flexibility index (Phi) is 3.08. The Morgan fingerprint density at radius 1 is 1.50 bits per heavy atom. The summed E-state index contributed by atoms with van der Waals surface area (Å²) in [5, 5.41) is 8.57. The van der Waals surface area contributed by atoms with Gasteiger partial charge in [-0.05, 0) is 0 Å². The number of hydrogen-bond acceptors (Lipinski definition) is 3. The van der Waals surface area contributed by atoms with Gasteiger partial charge < -0.3 is 5.11 Å². The lowest BCUT2D eigenvalue weighted by atomic mass is 10.5. The van der Waals surface area contributed by atoms with E-state index in [1.807, 2.05) is 0 Å². The minimum absolute atomic E-state index is 0.141. The van der Waals surface area contributed by atoms with E-state index in [1.165, 1.54) is 4.90 Å². The van der Waals surface area contributed by atoms with Crippen LogP contribution in [-0.2, 0) is 4.79 Å². The lowest BCUT2D eigenvalue weighted by molar-refractivity contribution is -0.122. The molecule has 1 aliphatic rings. The summed E-state index contributed by atoms with van der Waals surface area (Å²) < 4.78 is 0.835. The smallest absolute Gasteiger partial charge is 0.338 e. The second-order valence-corrected chi connectivity index (χ2v) is 3.73. The van der Waals surface area contributed by atoms with Crippen molar-refractivity contribution in [3.05, 3.63) is 0 Å². The first-order chi connectivity index (χ1) is 5.59. The average molecular weight is 302 g/mol. The molecular formula is C5H6Br2N2O3. The number of nitrogens with zero attached hydrogens (tertiary/aromatic N) is 2. The molecule has 0 aromatic rings. The molecule has 1 aliphatic heterocycles. The monoisotopic (exact) mass is 300 g/mol. The van der Waals surface area contributed by atoms with Crippen LogP contribution in [0.1, 0.15) is 0 Å². The second-order valence-electron chi connectivity index (χ2n) is 2.15. The van der Waals surface area contributed by atoms with Crippen LogP contribution < -0.4 is 0 Å². The van der Waals surface area contributed by atoms with Crippen LogP contribution in [0.5, 0.6) is 0 Å². The molecule has 1 rings (SSSR count). The summed E-state index contributed by atoms with van der Waals surface area (Å²) in [6.07, 6.45) is 0. The summed E-state index contributed by atoms with van der Waals surface area (Å²) >= 11 is 5.83. The van der Waals surface area contributed by atoms with Crippen LogP contribution in [0, 0.1) is 0 Å². The Bertz CT molecular complexity index is 223. The molecule has 1 fully saturated rings. The fourth-order valence-electron chi connectivity index (χ4n) is 0.848. The van der Waals surface area contributed by atoms with Crippen molar-refractivity contribution in [1.29, 1.82) is 0 Å². The molecule has 1 heterocycles. The van der Waals surface area contributed by atoms with Gasteiger partial charge in [-0.3, -0.25) is 9.69 Å². The van der Waals surface area contributed by atoms with Crippen molar-refractivity contribution in [2.24, 2.45) is 0 Å². The number of urea groups is 1. The van der Waals surface area contributed by atoms with Crippen LogP contribution in [0.3, 0.4) is 0 Å². The predicted molar refractivity (Wildman–Crippen MR) is 47.7 cm³/mol. The molecule has 1 unspecified atom stereocenters. The highest BCUT2D eigenvalue weighted by Crippen LogP contribution is 2.23. The van der Waals surface area contributed by atoms with Gasteiger partial charge in [0.25, 0.3) is 5.91 Å². The van der Waals surface area contributed by atoms with E-state index >= 15 is 0 Å². The molecule has 0 radical (unpaired) electrons. The van der Waals surface area contributed by atoms with Crippen molar-refractivity contribution in [3.8, 4) is 0 Å². The maximum Gasteiger partial charge on any atom is 0.338 e. The zero-order chi connectivity index (χ0) is 9.30. The fourth-order valence-corrected chi connectivity index (χ4v) is 2.10. The van der Waals surface area contributed by atoms with Crippen molar-refractivity contribution in [3.63, 3.8) is 0 Å².